The van der Waals surface area contributed by atoms with Crippen molar-refractivity contribution in [2.45, 2.75) is 92.9 Å². The van der Waals surface area contributed by atoms with Crippen molar-refractivity contribution >= 4 is 46.1 Å². The zero-order valence-corrected chi connectivity index (χ0v) is 32.7. The number of rotatable bonds is 13. The predicted molar refractivity (Wildman–Crippen MR) is 231 cm³/mol. The first-order valence-electron chi connectivity index (χ1n) is 19.4. The average Bonchev–Trinajstić information content (AvgIpc) is 3.75. The van der Waals surface area contributed by atoms with E-state index in [2.05, 4.69) is 160 Å². The van der Waals surface area contributed by atoms with Crippen molar-refractivity contribution in [3.8, 4) is 0 Å². The van der Waals surface area contributed by atoms with Gasteiger partial charge in [-0.25, -0.2) is 20.0 Å². The summed E-state index contributed by atoms with van der Waals surface area (Å²) in [5.41, 5.74) is 10.8. The summed E-state index contributed by atoms with van der Waals surface area (Å²) in [7, 11) is 0. The van der Waals surface area contributed by atoms with Crippen molar-refractivity contribution in [3.05, 3.63) is 142 Å². The van der Waals surface area contributed by atoms with E-state index in [0.717, 1.165) is 85.3 Å². The van der Waals surface area contributed by atoms with Crippen molar-refractivity contribution in [2.75, 3.05) is 21.3 Å². The second-order valence-corrected chi connectivity index (χ2v) is 14.3. The van der Waals surface area contributed by atoms with Crippen LogP contribution in [0.15, 0.2) is 140 Å². The van der Waals surface area contributed by atoms with Gasteiger partial charge in [0.1, 0.15) is 0 Å². The summed E-state index contributed by atoms with van der Waals surface area (Å²) < 4.78 is 0. The van der Waals surface area contributed by atoms with Crippen molar-refractivity contribution in [1.29, 1.82) is 0 Å². The van der Waals surface area contributed by atoms with Gasteiger partial charge in [0.25, 0.3) is 0 Å². The van der Waals surface area contributed by atoms with Gasteiger partial charge in [0.05, 0.1) is 0 Å². The fourth-order valence-electron chi connectivity index (χ4n) is 6.30. The third-order valence-corrected chi connectivity index (χ3v) is 9.54. The molecule has 4 aromatic carbocycles. The van der Waals surface area contributed by atoms with Crippen LogP contribution in [0.2, 0.25) is 0 Å². The minimum Gasteiger partial charge on any atom is -0.337 e. The number of nitrogens with zero attached hydrogens (tertiary/aromatic N) is 4. The summed E-state index contributed by atoms with van der Waals surface area (Å²) in [5, 5.41) is 14.3. The summed E-state index contributed by atoms with van der Waals surface area (Å²) in [6.07, 6.45) is 8.12. The van der Waals surface area contributed by atoms with Crippen LogP contribution in [-0.2, 0) is 0 Å². The van der Waals surface area contributed by atoms with Crippen molar-refractivity contribution in [1.82, 2.24) is 0 Å². The van der Waals surface area contributed by atoms with Gasteiger partial charge in [-0.1, -0.05) is 110 Å². The molecule has 0 radical (unpaired) electrons. The molecule has 0 aliphatic carbocycles. The summed E-state index contributed by atoms with van der Waals surface area (Å²) >= 11 is 0. The van der Waals surface area contributed by atoms with E-state index in [1.165, 1.54) is 22.3 Å². The first kappa shape index (κ1) is 38.0. The smallest absolute Gasteiger partial charge is 0.176 e. The molecule has 0 aromatic heterocycles. The molecule has 0 amide bonds. The molecule has 8 heteroatoms. The maximum Gasteiger partial charge on any atom is 0.176 e. The zero-order chi connectivity index (χ0) is 37.9. The first-order valence-corrected chi connectivity index (χ1v) is 19.4. The molecule has 0 bridgehead atoms. The van der Waals surface area contributed by atoms with Gasteiger partial charge in [-0.15, -0.1) is 0 Å². The van der Waals surface area contributed by atoms with Gasteiger partial charge in [0.15, 0.2) is 35.0 Å². The Morgan fingerprint density at radius 2 is 0.611 bits per heavy atom. The second-order valence-electron chi connectivity index (χ2n) is 14.3. The van der Waals surface area contributed by atoms with Gasteiger partial charge in [0.2, 0.25) is 0 Å². The lowest BCUT2D eigenvalue weighted by Gasteiger charge is -2.14. The van der Waals surface area contributed by atoms with Gasteiger partial charge in [-0.2, -0.15) is 0 Å². The lowest BCUT2D eigenvalue weighted by Crippen LogP contribution is -2.27. The summed E-state index contributed by atoms with van der Waals surface area (Å²) in [4.78, 5) is 21.0. The largest absolute Gasteiger partial charge is 0.337 e. The zero-order valence-electron chi connectivity index (χ0n) is 32.7. The Balaban J connectivity index is 1.49. The average molecular weight is 719 g/mol. The van der Waals surface area contributed by atoms with Crippen molar-refractivity contribution < 1.29 is 0 Å². The molecule has 0 fully saturated rings. The minimum absolute atomic E-state index is 0.683. The highest BCUT2D eigenvalue weighted by atomic mass is 15.2. The van der Waals surface area contributed by atoms with Gasteiger partial charge in [-0.05, 0) is 102 Å². The number of aliphatic imine (C=N–C) groups is 4. The van der Waals surface area contributed by atoms with E-state index in [-0.39, 0.29) is 0 Å². The highest BCUT2D eigenvalue weighted by molar-refractivity contribution is 6.50. The van der Waals surface area contributed by atoms with Crippen LogP contribution in [-0.4, -0.2) is 23.3 Å². The Bertz CT molecular complexity index is 1800. The molecule has 0 saturated carbocycles. The van der Waals surface area contributed by atoms with Crippen LogP contribution in [0.25, 0.3) is 0 Å². The number of unbranched alkanes of at least 4 members (excludes halogenated alkanes) is 4. The SMILES string of the molecule is CCCCCC(=C1N=C(Nc2ccc(C)cc2)C(Nc2ccc(C)cc2)=N1)C(CCCCC)=C1N=C(Nc2ccc(C)cc2)C(Nc2ccc(C)cc2)=N1. The number of hydrogen-bond acceptors (Lipinski definition) is 8. The Kier molecular flexibility index (Phi) is 12.9. The van der Waals surface area contributed by atoms with Crippen LogP contribution in [0.5, 0.6) is 0 Å². The maximum atomic E-state index is 5.25. The molecule has 0 spiro atoms. The van der Waals surface area contributed by atoms with E-state index in [0.29, 0.717) is 35.0 Å². The molecule has 0 atom stereocenters. The molecule has 54 heavy (non-hydrogen) atoms. The highest BCUT2D eigenvalue weighted by Gasteiger charge is 2.27. The molecule has 0 unspecified atom stereocenters. The topological polar surface area (TPSA) is 97.6 Å². The first-order chi connectivity index (χ1) is 26.3. The summed E-state index contributed by atoms with van der Waals surface area (Å²) in [5.74, 6) is 4.13. The molecule has 2 heterocycles. The fourth-order valence-corrected chi connectivity index (χ4v) is 6.30. The number of anilines is 4. The molecular formula is C46H54N8. The Hall–Kier alpha value is -5.76. The Morgan fingerprint density at radius 3 is 0.833 bits per heavy atom. The van der Waals surface area contributed by atoms with Crippen molar-refractivity contribution in [2.24, 2.45) is 20.0 Å². The van der Waals surface area contributed by atoms with Gasteiger partial charge in [0, 0.05) is 33.9 Å². The van der Waals surface area contributed by atoms with Crippen molar-refractivity contribution in [3.63, 3.8) is 0 Å². The monoisotopic (exact) mass is 718 g/mol. The van der Waals surface area contributed by atoms with E-state index < -0.39 is 0 Å². The minimum atomic E-state index is 0.683. The normalized spacial score (nSPS) is 13.6. The molecular weight excluding hydrogens is 665 g/mol. The van der Waals surface area contributed by atoms with E-state index in [4.69, 9.17) is 20.0 Å². The highest BCUT2D eigenvalue weighted by Crippen LogP contribution is 2.34. The predicted octanol–water partition coefficient (Wildman–Crippen LogP) is 11.9. The number of amidine groups is 4. The number of hydrogen-bond donors (Lipinski definition) is 4. The molecule has 2 aliphatic rings. The van der Waals surface area contributed by atoms with Crippen LogP contribution < -0.4 is 21.3 Å². The molecule has 278 valence electrons. The standard InChI is InChI=1S/C46H54N8/c1-7-9-11-13-39(41-51-43(47-35-23-15-31(3)16-24-35)44(52-41)48-36-25-17-32(4)18-26-36)40(14-12-10-8-2)42-53-45(49-37-27-19-33(5)20-28-37)46(54-42)50-38-29-21-34(6)22-30-38/h15-30H,7-14H2,1-6H3,(H,47,51)(H,48,52)(H,49,53)(H,50,54). The number of nitrogens with one attached hydrogen (secondary N) is 4. The third-order valence-electron chi connectivity index (χ3n) is 9.54. The lowest BCUT2D eigenvalue weighted by atomic mass is 9.94. The summed E-state index contributed by atoms with van der Waals surface area (Å²) in [6.45, 7) is 12.9. The second kappa shape index (κ2) is 18.3. The molecule has 0 saturated heterocycles. The molecule has 8 nitrogen and oxygen atoms in total. The maximum absolute atomic E-state index is 5.25. The Labute approximate surface area is 321 Å². The van der Waals surface area contributed by atoms with Crippen LogP contribution in [0, 0.1) is 27.7 Å². The van der Waals surface area contributed by atoms with Gasteiger partial charge < -0.3 is 21.3 Å². The van der Waals surface area contributed by atoms with E-state index >= 15 is 0 Å². The molecule has 2 aliphatic heterocycles. The van der Waals surface area contributed by atoms with Crippen LogP contribution in [0.3, 0.4) is 0 Å². The van der Waals surface area contributed by atoms with Crippen LogP contribution in [0.1, 0.15) is 87.5 Å². The van der Waals surface area contributed by atoms with Gasteiger partial charge >= 0.3 is 0 Å². The van der Waals surface area contributed by atoms with Crippen LogP contribution in [0.4, 0.5) is 22.7 Å². The quantitative estimate of drug-likeness (QED) is 0.103. The number of aryl methyl sites for hydroxylation is 4. The summed E-state index contributed by atoms with van der Waals surface area (Å²) in [6, 6.07) is 33.5. The third kappa shape index (κ3) is 10.2. The Morgan fingerprint density at radius 1 is 0.370 bits per heavy atom. The lowest BCUT2D eigenvalue weighted by molar-refractivity contribution is 0.682. The molecule has 6 rings (SSSR count). The van der Waals surface area contributed by atoms with E-state index in [1.54, 1.807) is 0 Å². The fraction of sp³-hybridized carbons (Fsp3) is 0.304. The number of benzene rings is 4. The number of allylic oxidation sites excluding steroid dienone is 2. The van der Waals surface area contributed by atoms with Crippen LogP contribution >= 0.6 is 0 Å². The van der Waals surface area contributed by atoms with Gasteiger partial charge in [-0.3, -0.25) is 0 Å². The van der Waals surface area contributed by atoms with E-state index in [9.17, 15) is 0 Å². The molecule has 4 N–H and O–H groups in total. The molecule has 4 aromatic rings. The van der Waals surface area contributed by atoms with E-state index in [1.807, 2.05) is 0 Å².